The summed E-state index contributed by atoms with van der Waals surface area (Å²) in [6.45, 7) is 0. The van der Waals surface area contributed by atoms with Crippen LogP contribution in [-0.2, 0) is 0 Å². The summed E-state index contributed by atoms with van der Waals surface area (Å²) in [5, 5.41) is 13.9. The Morgan fingerprint density at radius 1 is 1.27 bits per heavy atom. The van der Waals surface area contributed by atoms with Crippen molar-refractivity contribution in [1.82, 2.24) is 0 Å². The molecule has 0 amide bonds. The molecule has 4 N–H and O–H groups in total. The summed E-state index contributed by atoms with van der Waals surface area (Å²) >= 11 is 0. The first-order valence-corrected chi connectivity index (χ1v) is 3.84. The van der Waals surface area contributed by atoms with Crippen LogP contribution >= 0.6 is 0 Å². The molecule has 1 aromatic rings. The number of benzene rings is 1. The van der Waals surface area contributed by atoms with E-state index in [2.05, 4.69) is 5.10 Å². The molecule has 0 atom stereocenters. The quantitative estimate of drug-likeness (QED) is 0.240. The molecule has 0 fully saturated rings. The van der Waals surface area contributed by atoms with Crippen LogP contribution in [0.1, 0.15) is 5.56 Å². The van der Waals surface area contributed by atoms with Crippen LogP contribution in [0.25, 0.3) is 0 Å². The lowest BCUT2D eigenvalue weighted by molar-refractivity contribution is -0.463. The van der Waals surface area contributed by atoms with E-state index in [9.17, 15) is 14.0 Å². The highest BCUT2D eigenvalue weighted by molar-refractivity contribution is 5.79. The maximum Gasteiger partial charge on any atom is 0.366 e. The molecule has 0 heterocycles. The van der Waals surface area contributed by atoms with Gasteiger partial charge >= 0.3 is 5.96 Å². The van der Waals surface area contributed by atoms with Gasteiger partial charge in [-0.15, -0.1) is 9.95 Å². The molecule has 15 heavy (non-hydrogen) atoms. The molecule has 0 bridgehead atoms. The van der Waals surface area contributed by atoms with Crippen molar-refractivity contribution < 1.29 is 13.6 Å². The molecule has 1 aromatic carbocycles. The van der Waals surface area contributed by atoms with Gasteiger partial charge in [0.2, 0.25) is 0 Å². The molecular formula is C8H8F2N4O. The Morgan fingerprint density at radius 3 is 2.27 bits per heavy atom. The van der Waals surface area contributed by atoms with Crippen LogP contribution in [0, 0.1) is 16.8 Å². The van der Waals surface area contributed by atoms with Crippen molar-refractivity contribution in [3.63, 3.8) is 0 Å². The van der Waals surface area contributed by atoms with E-state index in [1.807, 2.05) is 0 Å². The van der Waals surface area contributed by atoms with Crippen LogP contribution in [-0.4, -0.2) is 17.0 Å². The SMILES string of the molecule is NC(N)=[N+]([O-])/N=C/c1cc(F)cc(F)c1. The molecular weight excluding hydrogens is 206 g/mol. The van der Waals surface area contributed by atoms with Crippen molar-refractivity contribution in [3.05, 3.63) is 40.6 Å². The zero-order valence-electron chi connectivity index (χ0n) is 7.52. The predicted octanol–water partition coefficient (Wildman–Crippen LogP) is 0.0824. The zero-order valence-corrected chi connectivity index (χ0v) is 7.52. The number of hydrogen-bond acceptors (Lipinski definition) is 2. The van der Waals surface area contributed by atoms with E-state index in [1.54, 1.807) is 0 Å². The molecule has 0 aliphatic rings. The van der Waals surface area contributed by atoms with Crippen LogP contribution in [0.4, 0.5) is 8.78 Å². The van der Waals surface area contributed by atoms with Crippen LogP contribution in [0.3, 0.4) is 0 Å². The van der Waals surface area contributed by atoms with Gasteiger partial charge in [-0.05, 0) is 12.1 Å². The Balaban J connectivity index is 2.95. The smallest absolute Gasteiger partial charge is 0.366 e. The van der Waals surface area contributed by atoms with Gasteiger partial charge in [0.1, 0.15) is 11.6 Å². The predicted molar refractivity (Wildman–Crippen MR) is 51.0 cm³/mol. The van der Waals surface area contributed by atoms with Crippen molar-refractivity contribution in [3.8, 4) is 0 Å². The molecule has 0 saturated heterocycles. The number of nitrogens with two attached hydrogens (primary N) is 2. The topological polar surface area (TPSA) is 90.5 Å². The standard InChI is InChI=1S/C8H8F2N4O/c9-6-1-5(2-7(10)3-6)4-13-14(15)8(11)12/h1-4H,11-12H2/b13-4+. The third-order valence-electron chi connectivity index (χ3n) is 1.42. The largest absolute Gasteiger partial charge is 0.722 e. The molecule has 7 heteroatoms. The molecule has 0 spiro atoms. The Bertz CT molecular complexity index is 406. The van der Waals surface area contributed by atoms with Crippen molar-refractivity contribution in [2.24, 2.45) is 16.6 Å². The lowest BCUT2D eigenvalue weighted by Gasteiger charge is -2.02. The van der Waals surface area contributed by atoms with Gasteiger partial charge in [0.05, 0.1) is 6.21 Å². The number of nitrogens with zero attached hydrogens (tertiary/aromatic N) is 2. The third-order valence-corrected chi connectivity index (χ3v) is 1.42. The average Bonchev–Trinajstić information content (AvgIpc) is 2.12. The minimum absolute atomic E-state index is 0.0667. The van der Waals surface area contributed by atoms with E-state index in [4.69, 9.17) is 11.5 Å². The number of rotatable bonds is 2. The highest BCUT2D eigenvalue weighted by Crippen LogP contribution is 2.05. The molecule has 0 aliphatic carbocycles. The Hall–Kier alpha value is -2.18. The molecule has 0 unspecified atom stereocenters. The monoisotopic (exact) mass is 214 g/mol. The lowest BCUT2D eigenvalue weighted by Crippen LogP contribution is -2.30. The number of hydrogen-bond donors (Lipinski definition) is 2. The van der Waals surface area contributed by atoms with E-state index in [0.29, 0.717) is 6.07 Å². The molecule has 5 nitrogen and oxygen atoms in total. The van der Waals surface area contributed by atoms with Gasteiger partial charge in [0.25, 0.3) is 0 Å². The maximum atomic E-state index is 12.7. The summed E-state index contributed by atoms with van der Waals surface area (Å²) in [6, 6.07) is 2.72. The van der Waals surface area contributed by atoms with Crippen LogP contribution in [0.15, 0.2) is 23.3 Å². The summed E-state index contributed by atoms with van der Waals surface area (Å²) < 4.78 is 25.3. The Kier molecular flexibility index (Phi) is 3.17. The second-order valence-corrected chi connectivity index (χ2v) is 2.65. The van der Waals surface area contributed by atoms with Gasteiger partial charge in [-0.3, -0.25) is 11.5 Å². The van der Waals surface area contributed by atoms with E-state index in [-0.39, 0.29) is 10.4 Å². The summed E-state index contributed by atoms with van der Waals surface area (Å²) in [4.78, 5) is -0.0667. The number of halogens is 2. The zero-order chi connectivity index (χ0) is 11.4. The average molecular weight is 214 g/mol. The fraction of sp³-hybridized carbons (Fsp3) is 0. The Morgan fingerprint density at radius 2 is 1.80 bits per heavy atom. The van der Waals surface area contributed by atoms with Gasteiger partial charge in [0.15, 0.2) is 0 Å². The summed E-state index contributed by atoms with van der Waals surface area (Å²) in [5.74, 6) is -2.10. The second-order valence-electron chi connectivity index (χ2n) is 2.65. The highest BCUT2D eigenvalue weighted by atomic mass is 19.1. The van der Waals surface area contributed by atoms with Crippen molar-refractivity contribution in [2.75, 3.05) is 0 Å². The molecule has 1 rings (SSSR count). The van der Waals surface area contributed by atoms with Crippen LogP contribution < -0.4 is 11.5 Å². The van der Waals surface area contributed by atoms with E-state index in [0.717, 1.165) is 18.3 Å². The Labute approximate surface area is 83.9 Å². The first-order chi connectivity index (χ1) is 6.99. The van der Waals surface area contributed by atoms with E-state index < -0.39 is 17.6 Å². The van der Waals surface area contributed by atoms with Crippen molar-refractivity contribution in [2.45, 2.75) is 0 Å². The molecule has 80 valence electrons. The third kappa shape index (κ3) is 3.22. The molecule has 0 radical (unpaired) electrons. The maximum absolute atomic E-state index is 12.7. The van der Waals surface area contributed by atoms with Crippen molar-refractivity contribution in [1.29, 1.82) is 0 Å². The molecule has 0 aromatic heterocycles. The summed E-state index contributed by atoms with van der Waals surface area (Å²) in [6.07, 6.45) is 0.943. The minimum Gasteiger partial charge on any atom is -0.722 e. The van der Waals surface area contributed by atoms with Gasteiger partial charge in [-0.1, -0.05) is 0 Å². The van der Waals surface area contributed by atoms with Gasteiger partial charge in [0, 0.05) is 11.6 Å². The molecule has 0 aliphatic heterocycles. The fourth-order valence-electron chi connectivity index (χ4n) is 0.835. The first-order valence-electron chi connectivity index (χ1n) is 3.84. The van der Waals surface area contributed by atoms with Crippen LogP contribution in [0.5, 0.6) is 0 Å². The first kappa shape index (κ1) is 10.9. The normalized spacial score (nSPS) is 10.5. The number of hydrazone groups is 1. The molecule has 0 saturated carbocycles. The van der Waals surface area contributed by atoms with E-state index >= 15 is 0 Å². The van der Waals surface area contributed by atoms with Gasteiger partial charge in [-0.2, -0.15) is 0 Å². The second kappa shape index (κ2) is 4.36. The summed E-state index contributed by atoms with van der Waals surface area (Å²) in [5.41, 5.74) is 9.90. The fourth-order valence-corrected chi connectivity index (χ4v) is 0.835. The lowest BCUT2D eigenvalue weighted by atomic mass is 10.2. The summed E-state index contributed by atoms with van der Waals surface area (Å²) in [7, 11) is 0. The van der Waals surface area contributed by atoms with Crippen LogP contribution in [0.2, 0.25) is 0 Å². The van der Waals surface area contributed by atoms with E-state index in [1.165, 1.54) is 0 Å². The number of guanidine groups is 1. The highest BCUT2D eigenvalue weighted by Gasteiger charge is 1.98. The minimum atomic E-state index is -0.765. The van der Waals surface area contributed by atoms with Gasteiger partial charge in [-0.25, -0.2) is 8.78 Å². The van der Waals surface area contributed by atoms with Gasteiger partial charge < -0.3 is 5.21 Å². The van der Waals surface area contributed by atoms with Crippen molar-refractivity contribution >= 4 is 12.2 Å².